The maximum atomic E-state index is 12.1. The Bertz CT molecular complexity index is 781. The first kappa shape index (κ1) is 18.2. The monoisotopic (exact) mass is 341 g/mol. The van der Waals surface area contributed by atoms with Gasteiger partial charge in [0.05, 0.1) is 19.3 Å². The molecule has 0 aromatic heterocycles. The molecule has 0 heterocycles. The minimum absolute atomic E-state index is 0.159. The van der Waals surface area contributed by atoms with Crippen molar-refractivity contribution in [3.8, 4) is 5.75 Å². The van der Waals surface area contributed by atoms with Crippen LogP contribution in [0, 0.1) is 0 Å². The van der Waals surface area contributed by atoms with Crippen LogP contribution in [0.15, 0.2) is 48.5 Å². The molecule has 2 N–H and O–H groups in total. The van der Waals surface area contributed by atoms with Gasteiger partial charge in [0.1, 0.15) is 5.75 Å². The molecule has 0 saturated heterocycles. The number of benzene rings is 2. The number of nitrogens with one attached hydrogen (secondary N) is 1. The summed E-state index contributed by atoms with van der Waals surface area (Å²) in [6, 6.07) is 11.4. The van der Waals surface area contributed by atoms with E-state index in [1.54, 1.807) is 37.5 Å². The number of anilines is 1. The topological polar surface area (TPSA) is 84.9 Å². The van der Waals surface area contributed by atoms with Gasteiger partial charge in [-0.3, -0.25) is 4.79 Å². The van der Waals surface area contributed by atoms with Gasteiger partial charge in [-0.15, -0.1) is 0 Å². The van der Waals surface area contributed by atoms with Crippen LogP contribution in [0.4, 0.5) is 5.69 Å². The Morgan fingerprint density at radius 3 is 2.48 bits per heavy atom. The first-order valence-corrected chi connectivity index (χ1v) is 7.51. The van der Waals surface area contributed by atoms with E-state index in [9.17, 15) is 14.7 Å². The quantitative estimate of drug-likeness (QED) is 0.623. The lowest BCUT2D eigenvalue weighted by Crippen LogP contribution is -2.10. The first-order valence-electron chi connectivity index (χ1n) is 7.51. The fourth-order valence-corrected chi connectivity index (χ4v) is 2.19. The van der Waals surface area contributed by atoms with Crippen molar-refractivity contribution in [1.82, 2.24) is 0 Å². The second kappa shape index (κ2) is 8.65. The summed E-state index contributed by atoms with van der Waals surface area (Å²) in [6.07, 6.45) is 2.99. The highest BCUT2D eigenvalue weighted by atomic mass is 16.5. The third-order valence-electron chi connectivity index (χ3n) is 3.31. The van der Waals surface area contributed by atoms with E-state index in [4.69, 9.17) is 9.47 Å². The number of carbonyl (C=O) groups excluding carboxylic acids is 2. The van der Waals surface area contributed by atoms with Crippen molar-refractivity contribution < 1.29 is 24.2 Å². The molecular weight excluding hydrogens is 322 g/mol. The van der Waals surface area contributed by atoms with Gasteiger partial charge >= 0.3 is 5.97 Å². The van der Waals surface area contributed by atoms with E-state index in [2.05, 4.69) is 5.32 Å². The Morgan fingerprint density at radius 2 is 1.84 bits per heavy atom. The summed E-state index contributed by atoms with van der Waals surface area (Å²) in [6.45, 7) is 0.303. The minimum atomic E-state index is -0.493. The molecule has 0 aliphatic heterocycles. The normalized spacial score (nSPS) is 10.6. The van der Waals surface area contributed by atoms with Crippen molar-refractivity contribution in [1.29, 1.82) is 0 Å². The Labute approximate surface area is 145 Å². The number of methoxy groups -OCH3 is 2. The van der Waals surface area contributed by atoms with Gasteiger partial charge in [-0.05, 0) is 47.5 Å². The molecular formula is C19H19NO5. The second-order valence-corrected chi connectivity index (χ2v) is 5.26. The van der Waals surface area contributed by atoms with Crippen molar-refractivity contribution in [3.05, 3.63) is 65.2 Å². The summed E-state index contributed by atoms with van der Waals surface area (Å²) in [5.41, 5.74) is 2.31. The number of hydrogen-bond acceptors (Lipinski definition) is 5. The molecule has 0 fully saturated rings. The molecule has 0 aliphatic rings. The number of rotatable bonds is 6. The molecule has 0 radical (unpaired) electrons. The van der Waals surface area contributed by atoms with E-state index < -0.39 is 5.97 Å². The molecule has 25 heavy (non-hydrogen) atoms. The number of amides is 1. The van der Waals surface area contributed by atoms with E-state index in [0.717, 1.165) is 11.1 Å². The average molecular weight is 341 g/mol. The molecule has 2 aromatic carbocycles. The first-order chi connectivity index (χ1) is 12.0. The third kappa shape index (κ3) is 5.47. The van der Waals surface area contributed by atoms with Gasteiger partial charge in [0, 0.05) is 18.9 Å². The van der Waals surface area contributed by atoms with E-state index in [1.807, 2.05) is 0 Å². The van der Waals surface area contributed by atoms with Crippen LogP contribution in [-0.4, -0.2) is 31.2 Å². The summed E-state index contributed by atoms with van der Waals surface area (Å²) in [5, 5.41) is 11.9. The highest BCUT2D eigenvalue weighted by Crippen LogP contribution is 2.17. The van der Waals surface area contributed by atoms with Crippen molar-refractivity contribution in [2.45, 2.75) is 6.61 Å². The Hall–Kier alpha value is -3.12. The van der Waals surface area contributed by atoms with Gasteiger partial charge in [0.15, 0.2) is 0 Å². The summed E-state index contributed by atoms with van der Waals surface area (Å²) >= 11 is 0. The zero-order chi connectivity index (χ0) is 18.2. The highest BCUT2D eigenvalue weighted by Gasteiger charge is 2.10. The third-order valence-corrected chi connectivity index (χ3v) is 3.31. The van der Waals surface area contributed by atoms with E-state index in [-0.39, 0.29) is 11.7 Å². The molecule has 0 unspecified atom stereocenters. The van der Waals surface area contributed by atoms with Gasteiger partial charge in [-0.25, -0.2) is 4.79 Å². The van der Waals surface area contributed by atoms with Crippen LogP contribution < -0.4 is 5.32 Å². The summed E-state index contributed by atoms with van der Waals surface area (Å²) in [4.78, 5) is 23.8. The van der Waals surface area contributed by atoms with Crippen LogP contribution in [0.3, 0.4) is 0 Å². The Kier molecular flexibility index (Phi) is 6.31. The van der Waals surface area contributed by atoms with Gasteiger partial charge in [-0.2, -0.15) is 0 Å². The molecule has 0 atom stereocenters. The predicted molar refractivity (Wildman–Crippen MR) is 94.3 cm³/mol. The number of esters is 1. The predicted octanol–water partition coefficient (Wildman–Crippen LogP) is 2.98. The number of phenolic OH excluding ortho intramolecular Hbond substituents is 1. The summed E-state index contributed by atoms with van der Waals surface area (Å²) in [7, 11) is 2.84. The van der Waals surface area contributed by atoms with Gasteiger partial charge in [0.2, 0.25) is 5.91 Å². The van der Waals surface area contributed by atoms with Gasteiger partial charge in [0.25, 0.3) is 0 Å². The van der Waals surface area contributed by atoms with E-state index >= 15 is 0 Å². The fourth-order valence-electron chi connectivity index (χ4n) is 2.19. The molecule has 1 amide bonds. The van der Waals surface area contributed by atoms with Crippen molar-refractivity contribution in [2.75, 3.05) is 19.5 Å². The fraction of sp³-hybridized carbons (Fsp3) is 0.158. The Balaban J connectivity index is 2.14. The zero-order valence-corrected chi connectivity index (χ0v) is 14.0. The molecule has 0 saturated carbocycles. The molecule has 0 bridgehead atoms. The number of carbonyl (C=O) groups is 2. The number of hydrogen-bond donors (Lipinski definition) is 2. The highest BCUT2D eigenvalue weighted by molar-refractivity contribution is 6.02. The van der Waals surface area contributed by atoms with Crippen LogP contribution in [0.25, 0.3) is 6.08 Å². The van der Waals surface area contributed by atoms with Gasteiger partial charge in [-0.1, -0.05) is 12.1 Å². The van der Waals surface area contributed by atoms with Gasteiger partial charge < -0.3 is 19.9 Å². The SMILES string of the molecule is COCc1cc(NC(=O)/C=C/c2ccc(O)cc2)cc(C(=O)OC)c1. The molecule has 0 spiro atoms. The summed E-state index contributed by atoms with van der Waals surface area (Å²) in [5.74, 6) is -0.682. The standard InChI is InChI=1S/C19H19NO5/c1-24-12-14-9-15(19(23)25-2)11-16(10-14)20-18(22)8-5-13-3-6-17(21)7-4-13/h3-11,21H,12H2,1-2H3,(H,20,22)/b8-5+. The lowest BCUT2D eigenvalue weighted by atomic mass is 10.1. The zero-order valence-electron chi connectivity index (χ0n) is 14.0. The maximum Gasteiger partial charge on any atom is 0.337 e. The summed E-state index contributed by atoms with van der Waals surface area (Å²) < 4.78 is 9.79. The molecule has 2 rings (SSSR count). The van der Waals surface area contributed by atoms with Crippen LogP contribution in [-0.2, 0) is 20.9 Å². The minimum Gasteiger partial charge on any atom is -0.508 e. The second-order valence-electron chi connectivity index (χ2n) is 5.26. The van der Waals surface area contributed by atoms with E-state index in [1.165, 1.54) is 31.4 Å². The molecule has 0 aliphatic carbocycles. The number of phenols is 1. The average Bonchev–Trinajstić information content (AvgIpc) is 2.60. The number of aromatic hydroxyl groups is 1. The maximum absolute atomic E-state index is 12.1. The molecule has 6 nitrogen and oxygen atoms in total. The molecule has 6 heteroatoms. The van der Waals surface area contributed by atoms with E-state index in [0.29, 0.717) is 17.9 Å². The molecule has 130 valence electrons. The lowest BCUT2D eigenvalue weighted by Gasteiger charge is -2.09. The van der Waals surface area contributed by atoms with Crippen LogP contribution in [0.2, 0.25) is 0 Å². The lowest BCUT2D eigenvalue weighted by molar-refractivity contribution is -0.111. The van der Waals surface area contributed by atoms with Crippen LogP contribution in [0.5, 0.6) is 5.75 Å². The molecule has 2 aromatic rings. The van der Waals surface area contributed by atoms with Crippen LogP contribution >= 0.6 is 0 Å². The van der Waals surface area contributed by atoms with Crippen molar-refractivity contribution in [3.63, 3.8) is 0 Å². The number of ether oxygens (including phenoxy) is 2. The Morgan fingerprint density at radius 1 is 1.12 bits per heavy atom. The van der Waals surface area contributed by atoms with Crippen molar-refractivity contribution in [2.24, 2.45) is 0 Å². The van der Waals surface area contributed by atoms with Crippen LogP contribution in [0.1, 0.15) is 21.5 Å². The smallest absolute Gasteiger partial charge is 0.337 e. The largest absolute Gasteiger partial charge is 0.508 e. The van der Waals surface area contributed by atoms with Crippen molar-refractivity contribution >= 4 is 23.6 Å².